The van der Waals surface area contributed by atoms with Crippen molar-refractivity contribution in [3.05, 3.63) is 25.0 Å². The Labute approximate surface area is 54.8 Å². The van der Waals surface area contributed by atoms with Crippen molar-refractivity contribution in [3.8, 4) is 0 Å². The fraction of sp³-hybridized carbons (Fsp3) is 0.286. The average molecular weight is 126 g/mol. The predicted molar refractivity (Wildman–Crippen MR) is 35.7 cm³/mol. The van der Waals surface area contributed by atoms with E-state index < -0.39 is 5.97 Å². The molecule has 2 nitrogen and oxygen atoms in total. The first-order valence-corrected chi connectivity index (χ1v) is 2.79. The Morgan fingerprint density at radius 3 is 2.89 bits per heavy atom. The van der Waals surface area contributed by atoms with Gasteiger partial charge < -0.3 is 4.74 Å². The molecule has 0 N–H and O–H groups in total. The van der Waals surface area contributed by atoms with E-state index in [0.717, 1.165) is 12.5 Å². The quantitative estimate of drug-likeness (QED) is 0.326. The Kier molecular flexibility index (Phi) is 4.50. The van der Waals surface area contributed by atoms with Crippen LogP contribution in [-0.2, 0) is 9.53 Å². The van der Waals surface area contributed by atoms with Crippen molar-refractivity contribution < 1.29 is 9.53 Å². The minimum absolute atomic E-state index is 0.417. The monoisotopic (exact) mass is 126 g/mol. The Bertz CT molecular complexity index is 125. The summed E-state index contributed by atoms with van der Waals surface area (Å²) in [5.74, 6) is -0.417. The molecule has 0 radical (unpaired) electrons. The molecule has 0 aromatic heterocycles. The van der Waals surface area contributed by atoms with Gasteiger partial charge in [0.25, 0.3) is 0 Å². The summed E-state index contributed by atoms with van der Waals surface area (Å²) >= 11 is 0. The van der Waals surface area contributed by atoms with E-state index in [2.05, 4.69) is 11.3 Å². The summed E-state index contributed by atoms with van der Waals surface area (Å²) in [5.41, 5.74) is 0. The normalized spacial score (nSPS) is 9.44. The van der Waals surface area contributed by atoms with Gasteiger partial charge in [-0.25, -0.2) is 4.79 Å². The van der Waals surface area contributed by atoms with Gasteiger partial charge in [-0.2, -0.15) is 0 Å². The number of ether oxygens (including phenoxy) is 1. The smallest absolute Gasteiger partial charge is 0.334 e. The molecule has 0 atom stereocenters. The third-order valence-corrected chi connectivity index (χ3v) is 0.683. The van der Waals surface area contributed by atoms with Gasteiger partial charge in [0, 0.05) is 6.08 Å². The van der Waals surface area contributed by atoms with Crippen LogP contribution in [-0.4, -0.2) is 5.97 Å². The third-order valence-electron chi connectivity index (χ3n) is 0.683. The first-order valence-electron chi connectivity index (χ1n) is 2.79. The van der Waals surface area contributed by atoms with Crippen molar-refractivity contribution in [2.75, 3.05) is 0 Å². The van der Waals surface area contributed by atoms with Gasteiger partial charge in [-0.05, 0) is 12.5 Å². The number of carbonyl (C=O) groups excluding carboxylic acids is 1. The van der Waals surface area contributed by atoms with Gasteiger partial charge in [-0.1, -0.05) is 13.5 Å². The van der Waals surface area contributed by atoms with Crippen LogP contribution in [0.4, 0.5) is 0 Å². The zero-order chi connectivity index (χ0) is 7.11. The molecular formula is C7H10O2. The lowest BCUT2D eigenvalue weighted by Gasteiger charge is -1.88. The van der Waals surface area contributed by atoms with Crippen LogP contribution in [0, 0.1) is 0 Å². The molecule has 0 spiro atoms. The van der Waals surface area contributed by atoms with E-state index in [1.807, 2.05) is 6.92 Å². The summed E-state index contributed by atoms with van der Waals surface area (Å²) < 4.78 is 4.49. The van der Waals surface area contributed by atoms with E-state index in [1.165, 1.54) is 6.26 Å². The molecule has 0 aliphatic carbocycles. The molecular weight excluding hydrogens is 116 g/mol. The van der Waals surface area contributed by atoms with Crippen molar-refractivity contribution in [1.82, 2.24) is 0 Å². The highest BCUT2D eigenvalue weighted by molar-refractivity contribution is 5.81. The first-order chi connectivity index (χ1) is 4.31. The Morgan fingerprint density at radius 2 is 2.44 bits per heavy atom. The molecule has 0 saturated carbocycles. The predicted octanol–water partition coefficient (Wildman–Crippen LogP) is 1.64. The zero-order valence-electron chi connectivity index (χ0n) is 5.46. The van der Waals surface area contributed by atoms with Crippen molar-refractivity contribution in [2.24, 2.45) is 0 Å². The summed E-state index contributed by atoms with van der Waals surface area (Å²) in [6.07, 6.45) is 5.11. The molecule has 0 amide bonds. The maximum atomic E-state index is 10.3. The van der Waals surface area contributed by atoms with Gasteiger partial charge in [0.1, 0.15) is 0 Å². The van der Waals surface area contributed by atoms with E-state index in [4.69, 9.17) is 0 Å². The second-order valence-corrected chi connectivity index (χ2v) is 1.42. The molecule has 0 aliphatic heterocycles. The molecule has 0 unspecified atom stereocenters. The van der Waals surface area contributed by atoms with Crippen molar-refractivity contribution >= 4 is 5.97 Å². The Balaban J connectivity index is 3.37. The number of hydrogen-bond donors (Lipinski definition) is 0. The Hall–Kier alpha value is -1.05. The SMILES string of the molecule is C=CC(=O)O/C=C/CC. The highest BCUT2D eigenvalue weighted by Crippen LogP contribution is 1.83. The lowest BCUT2D eigenvalue weighted by atomic mass is 10.5. The van der Waals surface area contributed by atoms with Gasteiger partial charge >= 0.3 is 5.97 Å². The second kappa shape index (κ2) is 5.09. The number of hydrogen-bond acceptors (Lipinski definition) is 2. The maximum Gasteiger partial charge on any atom is 0.334 e. The standard InChI is InChI=1S/C7H10O2/c1-3-5-6-9-7(8)4-2/h4-6H,2-3H2,1H3/b6-5+. The fourth-order valence-corrected chi connectivity index (χ4v) is 0.260. The second-order valence-electron chi connectivity index (χ2n) is 1.42. The first kappa shape index (κ1) is 7.95. The summed E-state index contributed by atoms with van der Waals surface area (Å²) in [5, 5.41) is 0. The van der Waals surface area contributed by atoms with E-state index in [9.17, 15) is 4.79 Å². The number of carbonyl (C=O) groups is 1. The number of rotatable bonds is 3. The van der Waals surface area contributed by atoms with Crippen LogP contribution in [0.2, 0.25) is 0 Å². The van der Waals surface area contributed by atoms with Gasteiger partial charge in [0.15, 0.2) is 0 Å². The highest BCUT2D eigenvalue weighted by atomic mass is 16.5. The van der Waals surface area contributed by atoms with Crippen molar-refractivity contribution in [2.45, 2.75) is 13.3 Å². The third kappa shape index (κ3) is 4.81. The molecule has 0 aromatic rings. The van der Waals surface area contributed by atoms with E-state index in [0.29, 0.717) is 0 Å². The van der Waals surface area contributed by atoms with Crippen LogP contribution >= 0.6 is 0 Å². The van der Waals surface area contributed by atoms with E-state index in [-0.39, 0.29) is 0 Å². The van der Waals surface area contributed by atoms with Gasteiger partial charge in [0.2, 0.25) is 0 Å². The molecule has 0 rings (SSSR count). The fourth-order valence-electron chi connectivity index (χ4n) is 0.260. The van der Waals surface area contributed by atoms with Crippen LogP contribution in [0.1, 0.15) is 13.3 Å². The maximum absolute atomic E-state index is 10.3. The van der Waals surface area contributed by atoms with Crippen LogP contribution in [0.3, 0.4) is 0 Å². The number of allylic oxidation sites excluding steroid dienone is 1. The lowest BCUT2D eigenvalue weighted by molar-refractivity contribution is -0.132. The molecule has 0 fully saturated rings. The zero-order valence-corrected chi connectivity index (χ0v) is 5.46. The molecule has 0 aromatic carbocycles. The number of esters is 1. The lowest BCUT2D eigenvalue weighted by Crippen LogP contribution is -1.91. The summed E-state index contributed by atoms with van der Waals surface area (Å²) in [6, 6.07) is 0. The molecule has 0 aliphatic rings. The minimum Gasteiger partial charge on any atom is -0.432 e. The summed E-state index contributed by atoms with van der Waals surface area (Å²) in [6.45, 7) is 5.19. The average Bonchev–Trinajstić information content (AvgIpc) is 1.89. The van der Waals surface area contributed by atoms with E-state index in [1.54, 1.807) is 6.08 Å². The molecule has 0 heterocycles. The summed E-state index contributed by atoms with van der Waals surface area (Å²) in [7, 11) is 0. The molecule has 50 valence electrons. The topological polar surface area (TPSA) is 26.3 Å². The van der Waals surface area contributed by atoms with Gasteiger partial charge in [-0.15, -0.1) is 0 Å². The van der Waals surface area contributed by atoms with Crippen LogP contribution < -0.4 is 0 Å². The van der Waals surface area contributed by atoms with Gasteiger partial charge in [-0.3, -0.25) is 0 Å². The van der Waals surface area contributed by atoms with Crippen molar-refractivity contribution in [3.63, 3.8) is 0 Å². The molecule has 9 heavy (non-hydrogen) atoms. The van der Waals surface area contributed by atoms with E-state index >= 15 is 0 Å². The van der Waals surface area contributed by atoms with Crippen molar-refractivity contribution in [1.29, 1.82) is 0 Å². The molecule has 2 heteroatoms. The highest BCUT2D eigenvalue weighted by Gasteiger charge is 1.86. The molecule has 0 bridgehead atoms. The molecule has 0 saturated heterocycles. The van der Waals surface area contributed by atoms with Gasteiger partial charge in [0.05, 0.1) is 6.26 Å². The van der Waals surface area contributed by atoms with Crippen LogP contribution in [0.25, 0.3) is 0 Å². The summed E-state index contributed by atoms with van der Waals surface area (Å²) in [4.78, 5) is 10.3. The minimum atomic E-state index is -0.417. The largest absolute Gasteiger partial charge is 0.432 e. The van der Waals surface area contributed by atoms with Crippen LogP contribution in [0.5, 0.6) is 0 Å². The Morgan fingerprint density at radius 1 is 1.78 bits per heavy atom. The van der Waals surface area contributed by atoms with Crippen LogP contribution in [0.15, 0.2) is 25.0 Å².